The molecule has 30 heavy (non-hydrogen) atoms. The van der Waals surface area contributed by atoms with E-state index in [1.807, 2.05) is 60.7 Å². The second-order valence-corrected chi connectivity index (χ2v) is 7.36. The molecule has 1 atom stereocenters. The number of benzene rings is 2. The summed E-state index contributed by atoms with van der Waals surface area (Å²) in [6.45, 7) is 3.15. The van der Waals surface area contributed by atoms with Gasteiger partial charge in [0, 0.05) is 18.7 Å². The molecule has 6 nitrogen and oxygen atoms in total. The molecule has 0 saturated carbocycles. The number of carbonyl (C=O) groups is 2. The van der Waals surface area contributed by atoms with E-state index in [0.29, 0.717) is 25.3 Å². The fourth-order valence-electron chi connectivity index (χ4n) is 3.93. The molecule has 0 radical (unpaired) electrons. The van der Waals surface area contributed by atoms with E-state index in [-0.39, 0.29) is 17.8 Å². The van der Waals surface area contributed by atoms with Gasteiger partial charge in [0.15, 0.2) is 0 Å². The molecule has 0 spiro atoms. The SMILES string of the molecule is CCOC(=O)C1CCCN(C(=O)c2cnn(-c3ccccc3)c2-c2ccccc2)C1. The van der Waals surface area contributed by atoms with E-state index >= 15 is 0 Å². The summed E-state index contributed by atoms with van der Waals surface area (Å²) in [5.74, 6) is -0.602. The molecule has 154 valence electrons. The summed E-state index contributed by atoms with van der Waals surface area (Å²) in [4.78, 5) is 27.4. The largest absolute Gasteiger partial charge is 0.466 e. The number of ether oxygens (including phenoxy) is 1. The molecule has 2 aromatic carbocycles. The van der Waals surface area contributed by atoms with Crippen LogP contribution in [0.15, 0.2) is 66.9 Å². The fraction of sp³-hybridized carbons (Fsp3) is 0.292. The second kappa shape index (κ2) is 8.95. The van der Waals surface area contributed by atoms with Gasteiger partial charge in [0.2, 0.25) is 0 Å². The zero-order valence-electron chi connectivity index (χ0n) is 17.0. The van der Waals surface area contributed by atoms with Gasteiger partial charge in [-0.05, 0) is 31.9 Å². The minimum Gasteiger partial charge on any atom is -0.466 e. The Morgan fingerprint density at radius 2 is 1.77 bits per heavy atom. The molecule has 3 aromatic rings. The lowest BCUT2D eigenvalue weighted by molar-refractivity contribution is -0.149. The van der Waals surface area contributed by atoms with E-state index in [4.69, 9.17) is 4.74 Å². The minimum absolute atomic E-state index is 0.106. The van der Waals surface area contributed by atoms with Crippen molar-refractivity contribution in [3.8, 4) is 16.9 Å². The second-order valence-electron chi connectivity index (χ2n) is 7.36. The summed E-state index contributed by atoms with van der Waals surface area (Å²) in [5, 5.41) is 4.54. The topological polar surface area (TPSA) is 64.4 Å². The van der Waals surface area contributed by atoms with Crippen LogP contribution < -0.4 is 0 Å². The van der Waals surface area contributed by atoms with Crippen molar-refractivity contribution in [2.75, 3.05) is 19.7 Å². The first-order chi connectivity index (χ1) is 14.7. The average Bonchev–Trinajstić information content (AvgIpc) is 3.25. The van der Waals surface area contributed by atoms with Gasteiger partial charge in [-0.3, -0.25) is 9.59 Å². The predicted molar refractivity (Wildman–Crippen MR) is 114 cm³/mol. The molecule has 1 aromatic heterocycles. The number of carbonyl (C=O) groups excluding carboxylic acids is 2. The van der Waals surface area contributed by atoms with Gasteiger partial charge in [0.1, 0.15) is 0 Å². The Morgan fingerprint density at radius 3 is 2.47 bits per heavy atom. The molecule has 2 heterocycles. The highest BCUT2D eigenvalue weighted by molar-refractivity contribution is 6.00. The lowest BCUT2D eigenvalue weighted by Gasteiger charge is -2.31. The van der Waals surface area contributed by atoms with Crippen LogP contribution >= 0.6 is 0 Å². The maximum absolute atomic E-state index is 13.5. The van der Waals surface area contributed by atoms with Crippen LogP contribution in [0.2, 0.25) is 0 Å². The van der Waals surface area contributed by atoms with Crippen LogP contribution in [0.4, 0.5) is 0 Å². The zero-order chi connectivity index (χ0) is 20.9. The highest BCUT2D eigenvalue weighted by atomic mass is 16.5. The third-order valence-corrected chi connectivity index (χ3v) is 5.38. The summed E-state index contributed by atoms with van der Waals surface area (Å²) in [5.41, 5.74) is 3.10. The average molecular weight is 403 g/mol. The van der Waals surface area contributed by atoms with Crippen molar-refractivity contribution in [3.05, 3.63) is 72.4 Å². The number of hydrogen-bond donors (Lipinski definition) is 0. The number of hydrogen-bond acceptors (Lipinski definition) is 4. The van der Waals surface area contributed by atoms with E-state index < -0.39 is 0 Å². The molecular formula is C24H25N3O3. The maximum atomic E-state index is 13.5. The molecule has 4 rings (SSSR count). The summed E-state index contributed by atoms with van der Waals surface area (Å²) in [7, 11) is 0. The number of piperidine rings is 1. The normalized spacial score (nSPS) is 16.3. The van der Waals surface area contributed by atoms with E-state index in [9.17, 15) is 9.59 Å². The van der Waals surface area contributed by atoms with Gasteiger partial charge in [-0.25, -0.2) is 4.68 Å². The molecule has 6 heteroatoms. The Kier molecular flexibility index (Phi) is 5.93. The first kappa shape index (κ1) is 19.9. The van der Waals surface area contributed by atoms with E-state index in [0.717, 1.165) is 29.8 Å². The maximum Gasteiger partial charge on any atom is 0.310 e. The first-order valence-electron chi connectivity index (χ1n) is 10.3. The van der Waals surface area contributed by atoms with Gasteiger partial charge >= 0.3 is 5.97 Å². The van der Waals surface area contributed by atoms with Gasteiger partial charge in [-0.15, -0.1) is 0 Å². The minimum atomic E-state index is -0.271. The number of esters is 1. The number of likely N-dealkylation sites (tertiary alicyclic amines) is 1. The Bertz CT molecular complexity index is 1010. The van der Waals surface area contributed by atoms with Crippen LogP contribution in [-0.4, -0.2) is 46.3 Å². The van der Waals surface area contributed by atoms with Gasteiger partial charge in [-0.2, -0.15) is 5.10 Å². The van der Waals surface area contributed by atoms with Crippen molar-refractivity contribution in [3.63, 3.8) is 0 Å². The van der Waals surface area contributed by atoms with Gasteiger partial charge < -0.3 is 9.64 Å². The van der Waals surface area contributed by atoms with Crippen molar-refractivity contribution < 1.29 is 14.3 Å². The van der Waals surface area contributed by atoms with Crippen LogP contribution in [0, 0.1) is 5.92 Å². The van der Waals surface area contributed by atoms with Crippen LogP contribution in [0.5, 0.6) is 0 Å². The zero-order valence-corrected chi connectivity index (χ0v) is 17.0. The van der Waals surface area contributed by atoms with Crippen molar-refractivity contribution >= 4 is 11.9 Å². The van der Waals surface area contributed by atoms with Gasteiger partial charge in [0.25, 0.3) is 5.91 Å². The van der Waals surface area contributed by atoms with E-state index in [2.05, 4.69) is 5.10 Å². The van der Waals surface area contributed by atoms with Crippen LogP contribution in [-0.2, 0) is 9.53 Å². The smallest absolute Gasteiger partial charge is 0.310 e. The van der Waals surface area contributed by atoms with E-state index in [1.54, 1.807) is 22.7 Å². The van der Waals surface area contributed by atoms with Crippen LogP contribution in [0.25, 0.3) is 16.9 Å². The quantitative estimate of drug-likeness (QED) is 0.605. The standard InChI is InChI=1S/C24H25N3O3/c1-2-30-24(29)19-12-9-15-26(17-19)23(28)21-16-25-27(20-13-7-4-8-14-20)22(21)18-10-5-3-6-11-18/h3-8,10-11,13-14,16,19H,2,9,12,15,17H2,1H3. The summed E-state index contributed by atoms with van der Waals surface area (Å²) in [6, 6.07) is 19.6. The molecule has 0 aliphatic carbocycles. The number of nitrogens with zero attached hydrogens (tertiary/aromatic N) is 3. The van der Waals surface area contributed by atoms with Gasteiger partial charge in [-0.1, -0.05) is 48.5 Å². The van der Waals surface area contributed by atoms with Crippen LogP contribution in [0.3, 0.4) is 0 Å². The summed E-state index contributed by atoms with van der Waals surface area (Å²) in [6.07, 6.45) is 3.16. The van der Waals surface area contributed by atoms with Crippen molar-refractivity contribution in [2.45, 2.75) is 19.8 Å². The molecule has 1 aliphatic heterocycles. The fourth-order valence-corrected chi connectivity index (χ4v) is 3.93. The molecule has 1 aliphatic rings. The van der Waals surface area contributed by atoms with Crippen molar-refractivity contribution in [1.82, 2.24) is 14.7 Å². The van der Waals surface area contributed by atoms with Gasteiger partial charge in [0.05, 0.1) is 35.7 Å². The number of amides is 1. The first-order valence-corrected chi connectivity index (χ1v) is 10.3. The molecule has 1 saturated heterocycles. The predicted octanol–water partition coefficient (Wildman–Crippen LogP) is 3.95. The summed E-state index contributed by atoms with van der Waals surface area (Å²) < 4.78 is 6.98. The molecular weight excluding hydrogens is 378 g/mol. The molecule has 0 bridgehead atoms. The number of aromatic nitrogens is 2. The highest BCUT2D eigenvalue weighted by Crippen LogP contribution is 2.29. The third-order valence-electron chi connectivity index (χ3n) is 5.38. The molecule has 1 amide bonds. The molecule has 1 fully saturated rings. The van der Waals surface area contributed by atoms with Crippen molar-refractivity contribution in [1.29, 1.82) is 0 Å². The Hall–Kier alpha value is -3.41. The third kappa shape index (κ3) is 3.99. The Labute approximate surface area is 176 Å². The van der Waals surface area contributed by atoms with E-state index in [1.165, 1.54) is 0 Å². The Morgan fingerprint density at radius 1 is 1.07 bits per heavy atom. The molecule has 0 N–H and O–H groups in total. The lowest BCUT2D eigenvalue weighted by Crippen LogP contribution is -2.42. The number of para-hydroxylation sites is 1. The summed E-state index contributed by atoms with van der Waals surface area (Å²) >= 11 is 0. The Balaban J connectivity index is 1.69. The van der Waals surface area contributed by atoms with Crippen LogP contribution in [0.1, 0.15) is 30.1 Å². The molecule has 1 unspecified atom stereocenters. The lowest BCUT2D eigenvalue weighted by atomic mass is 9.97. The highest BCUT2D eigenvalue weighted by Gasteiger charge is 2.32. The number of rotatable bonds is 5. The van der Waals surface area contributed by atoms with Crippen molar-refractivity contribution in [2.24, 2.45) is 5.92 Å². The monoisotopic (exact) mass is 403 g/mol.